The van der Waals surface area contributed by atoms with E-state index in [2.05, 4.69) is 15.3 Å². The van der Waals surface area contributed by atoms with Crippen molar-refractivity contribution in [1.82, 2.24) is 9.97 Å². The molecule has 6 N–H and O–H groups in total. The number of imidazole rings is 1. The lowest BCUT2D eigenvalue weighted by atomic mass is 10.3. The van der Waals surface area contributed by atoms with Crippen LogP contribution in [0.15, 0.2) is 18.2 Å². The third-order valence-electron chi connectivity index (χ3n) is 2.29. The number of aliphatic hydroxyl groups is 2. The van der Waals surface area contributed by atoms with Crippen LogP contribution in [0.1, 0.15) is 0 Å². The zero-order valence-electron chi connectivity index (χ0n) is 8.64. The summed E-state index contributed by atoms with van der Waals surface area (Å²) in [4.78, 5) is 7.26. The predicted octanol–water partition coefficient (Wildman–Crippen LogP) is -0.0898. The van der Waals surface area contributed by atoms with Crippen LogP contribution in [-0.2, 0) is 0 Å². The van der Waals surface area contributed by atoms with Crippen LogP contribution in [0.3, 0.4) is 0 Å². The Balaban J connectivity index is 2.25. The Kier molecular flexibility index (Phi) is 2.93. The molecule has 0 amide bonds. The molecule has 0 fully saturated rings. The molecular weight excluding hydrogens is 208 g/mol. The third-order valence-corrected chi connectivity index (χ3v) is 2.29. The van der Waals surface area contributed by atoms with Gasteiger partial charge < -0.3 is 26.2 Å². The number of nitrogen functional groups attached to an aromatic ring is 1. The van der Waals surface area contributed by atoms with E-state index in [1.165, 1.54) is 0 Å². The van der Waals surface area contributed by atoms with Crippen molar-refractivity contribution in [3.63, 3.8) is 0 Å². The van der Waals surface area contributed by atoms with E-state index >= 15 is 0 Å². The van der Waals surface area contributed by atoms with Crippen molar-refractivity contribution in [2.24, 2.45) is 0 Å². The van der Waals surface area contributed by atoms with Crippen molar-refractivity contribution < 1.29 is 10.2 Å². The summed E-state index contributed by atoms with van der Waals surface area (Å²) in [5, 5.41) is 20.7. The lowest BCUT2D eigenvalue weighted by Crippen LogP contribution is -2.28. The molecule has 0 atom stereocenters. The van der Waals surface area contributed by atoms with E-state index in [9.17, 15) is 0 Å². The van der Waals surface area contributed by atoms with Gasteiger partial charge in [-0.25, -0.2) is 4.98 Å². The Bertz CT molecular complexity index is 479. The largest absolute Gasteiger partial charge is 0.399 e. The maximum Gasteiger partial charge on any atom is 0.201 e. The van der Waals surface area contributed by atoms with Crippen LogP contribution in [0.25, 0.3) is 11.0 Å². The summed E-state index contributed by atoms with van der Waals surface area (Å²) in [6.07, 6.45) is 0. The topological polar surface area (TPSA) is 107 Å². The molecule has 1 aromatic carbocycles. The maximum absolute atomic E-state index is 8.92. The Morgan fingerprint density at radius 3 is 2.81 bits per heavy atom. The first kappa shape index (κ1) is 10.7. The second-order valence-corrected chi connectivity index (χ2v) is 3.57. The number of aromatic nitrogens is 2. The van der Waals surface area contributed by atoms with Gasteiger partial charge in [0.15, 0.2) is 0 Å². The van der Waals surface area contributed by atoms with Crippen molar-refractivity contribution in [3.05, 3.63) is 18.2 Å². The van der Waals surface area contributed by atoms with Gasteiger partial charge in [-0.1, -0.05) is 0 Å². The summed E-state index contributed by atoms with van der Waals surface area (Å²) in [6, 6.07) is 4.93. The second kappa shape index (κ2) is 4.38. The molecule has 1 aromatic heterocycles. The number of rotatable bonds is 4. The van der Waals surface area contributed by atoms with Gasteiger partial charge in [-0.15, -0.1) is 0 Å². The number of hydrogen-bond donors (Lipinski definition) is 5. The molecule has 16 heavy (non-hydrogen) atoms. The summed E-state index contributed by atoms with van der Waals surface area (Å²) < 4.78 is 0. The van der Waals surface area contributed by atoms with E-state index in [0.29, 0.717) is 11.6 Å². The number of nitrogens with two attached hydrogens (primary N) is 1. The van der Waals surface area contributed by atoms with Crippen molar-refractivity contribution in [1.29, 1.82) is 0 Å². The molecule has 1 heterocycles. The molecule has 0 aliphatic carbocycles. The van der Waals surface area contributed by atoms with Crippen LogP contribution < -0.4 is 11.1 Å². The van der Waals surface area contributed by atoms with Gasteiger partial charge in [-0.05, 0) is 18.2 Å². The Labute approximate surface area is 92.1 Å². The zero-order chi connectivity index (χ0) is 11.5. The molecule has 0 radical (unpaired) electrons. The summed E-state index contributed by atoms with van der Waals surface area (Å²) in [5.74, 6) is 0.508. The van der Waals surface area contributed by atoms with Crippen LogP contribution >= 0.6 is 0 Å². The van der Waals surface area contributed by atoms with Crippen molar-refractivity contribution in [2.75, 3.05) is 24.3 Å². The number of anilines is 2. The van der Waals surface area contributed by atoms with Crippen LogP contribution in [0.4, 0.5) is 11.6 Å². The highest BCUT2D eigenvalue weighted by atomic mass is 16.3. The van der Waals surface area contributed by atoms with Gasteiger partial charge in [0, 0.05) is 5.69 Å². The lowest BCUT2D eigenvalue weighted by molar-refractivity contribution is 0.203. The van der Waals surface area contributed by atoms with Gasteiger partial charge in [0.25, 0.3) is 0 Å². The maximum atomic E-state index is 8.92. The predicted molar refractivity (Wildman–Crippen MR) is 62.1 cm³/mol. The number of H-pyrrole nitrogens is 1. The molecule has 6 heteroatoms. The normalized spacial score (nSPS) is 11.2. The minimum atomic E-state index is -0.419. The average molecular weight is 222 g/mol. The molecule has 0 spiro atoms. The highest BCUT2D eigenvalue weighted by molar-refractivity contribution is 5.80. The number of nitrogens with zero attached hydrogens (tertiary/aromatic N) is 1. The zero-order valence-corrected chi connectivity index (χ0v) is 8.64. The second-order valence-electron chi connectivity index (χ2n) is 3.57. The fourth-order valence-electron chi connectivity index (χ4n) is 1.44. The number of aliphatic hydroxyl groups excluding tert-OH is 2. The average Bonchev–Trinajstić information content (AvgIpc) is 2.67. The SMILES string of the molecule is Nc1ccc2nc(NC(CO)CO)[nH]c2c1. The highest BCUT2D eigenvalue weighted by Crippen LogP contribution is 2.17. The summed E-state index contributed by atoms with van der Waals surface area (Å²) in [6.45, 7) is -0.314. The van der Waals surface area contributed by atoms with Gasteiger partial charge in [-0.3, -0.25) is 0 Å². The van der Waals surface area contributed by atoms with Crippen LogP contribution in [-0.4, -0.2) is 39.4 Å². The number of fused-ring (bicyclic) bond motifs is 1. The number of hydrogen-bond acceptors (Lipinski definition) is 5. The van der Waals surface area contributed by atoms with Gasteiger partial charge in [0.2, 0.25) is 5.95 Å². The first-order chi connectivity index (χ1) is 7.72. The minimum Gasteiger partial charge on any atom is -0.399 e. The van der Waals surface area contributed by atoms with E-state index in [1.807, 2.05) is 0 Å². The third kappa shape index (κ3) is 2.07. The van der Waals surface area contributed by atoms with E-state index < -0.39 is 6.04 Å². The Morgan fingerprint density at radius 2 is 2.12 bits per heavy atom. The van der Waals surface area contributed by atoms with Gasteiger partial charge >= 0.3 is 0 Å². The Hall–Kier alpha value is -1.79. The molecule has 2 rings (SSSR count). The van der Waals surface area contributed by atoms with E-state index in [-0.39, 0.29) is 13.2 Å². The van der Waals surface area contributed by atoms with E-state index in [0.717, 1.165) is 11.0 Å². The summed E-state index contributed by atoms with van der Waals surface area (Å²) in [5.41, 5.74) is 7.90. The van der Waals surface area contributed by atoms with E-state index in [1.54, 1.807) is 18.2 Å². The minimum absolute atomic E-state index is 0.157. The van der Waals surface area contributed by atoms with Gasteiger partial charge in [0.05, 0.1) is 30.3 Å². The van der Waals surface area contributed by atoms with Crippen LogP contribution in [0, 0.1) is 0 Å². The van der Waals surface area contributed by atoms with Crippen LogP contribution in [0.2, 0.25) is 0 Å². The Morgan fingerprint density at radius 1 is 1.38 bits per heavy atom. The number of benzene rings is 1. The van der Waals surface area contributed by atoms with Crippen molar-refractivity contribution in [2.45, 2.75) is 6.04 Å². The number of nitrogens with one attached hydrogen (secondary N) is 2. The molecule has 2 aromatic rings. The van der Waals surface area contributed by atoms with Gasteiger partial charge in [0.1, 0.15) is 0 Å². The highest BCUT2D eigenvalue weighted by Gasteiger charge is 2.08. The summed E-state index contributed by atoms with van der Waals surface area (Å²) >= 11 is 0. The standard InChI is InChI=1S/C10H14N4O2/c11-6-1-2-8-9(3-6)14-10(13-8)12-7(4-15)5-16/h1-3,7,15-16H,4-5,11H2,(H2,12,13,14). The molecule has 0 unspecified atom stereocenters. The molecular formula is C10H14N4O2. The fraction of sp³-hybridized carbons (Fsp3) is 0.300. The first-order valence-electron chi connectivity index (χ1n) is 4.96. The fourth-order valence-corrected chi connectivity index (χ4v) is 1.44. The lowest BCUT2D eigenvalue weighted by Gasteiger charge is -2.11. The molecule has 0 aliphatic heterocycles. The quantitative estimate of drug-likeness (QED) is 0.465. The first-order valence-corrected chi connectivity index (χ1v) is 4.96. The summed E-state index contributed by atoms with van der Waals surface area (Å²) in [7, 11) is 0. The van der Waals surface area contributed by atoms with Gasteiger partial charge in [-0.2, -0.15) is 0 Å². The molecule has 0 saturated carbocycles. The van der Waals surface area contributed by atoms with Crippen molar-refractivity contribution in [3.8, 4) is 0 Å². The number of aromatic amines is 1. The van der Waals surface area contributed by atoms with Crippen molar-refractivity contribution >= 4 is 22.7 Å². The molecule has 6 nitrogen and oxygen atoms in total. The van der Waals surface area contributed by atoms with E-state index in [4.69, 9.17) is 15.9 Å². The van der Waals surface area contributed by atoms with Crippen LogP contribution in [0.5, 0.6) is 0 Å². The smallest absolute Gasteiger partial charge is 0.201 e. The monoisotopic (exact) mass is 222 g/mol. The molecule has 0 bridgehead atoms. The molecule has 0 saturated heterocycles. The molecule has 86 valence electrons. The molecule has 0 aliphatic rings.